The fourth-order valence-electron chi connectivity index (χ4n) is 5.68. The molecule has 2 aromatic rings. The zero-order valence-corrected chi connectivity index (χ0v) is 23.4. The van der Waals surface area contributed by atoms with Crippen LogP contribution in [0.3, 0.4) is 0 Å². The molecule has 2 fully saturated rings. The summed E-state index contributed by atoms with van der Waals surface area (Å²) in [6, 6.07) is 7.33. The number of hydrogen-bond acceptors (Lipinski definition) is 7. The van der Waals surface area contributed by atoms with E-state index in [1.807, 2.05) is 21.9 Å². The third-order valence-electron chi connectivity index (χ3n) is 8.03. The van der Waals surface area contributed by atoms with Crippen LogP contribution >= 0.6 is 11.6 Å². The summed E-state index contributed by atoms with van der Waals surface area (Å²) in [5.41, 5.74) is 3.25. The van der Waals surface area contributed by atoms with Crippen LogP contribution in [0.5, 0.6) is 0 Å². The second kappa shape index (κ2) is 11.5. The highest BCUT2D eigenvalue weighted by atomic mass is 35.5. The van der Waals surface area contributed by atoms with Crippen molar-refractivity contribution in [2.45, 2.75) is 44.4 Å². The van der Waals surface area contributed by atoms with E-state index in [1.165, 1.54) is 5.56 Å². The molecule has 1 saturated carbocycles. The van der Waals surface area contributed by atoms with Crippen LogP contribution in [0.1, 0.15) is 54.8 Å². The van der Waals surface area contributed by atoms with E-state index >= 15 is 0 Å². The maximum atomic E-state index is 14.0. The maximum absolute atomic E-state index is 14.0. The van der Waals surface area contributed by atoms with Gasteiger partial charge in [0.15, 0.2) is 0 Å². The van der Waals surface area contributed by atoms with E-state index in [9.17, 15) is 17.8 Å². The van der Waals surface area contributed by atoms with Gasteiger partial charge < -0.3 is 14.7 Å². The predicted octanol–water partition coefficient (Wildman–Crippen LogP) is 3.21. The highest BCUT2D eigenvalue weighted by molar-refractivity contribution is 7.85. The summed E-state index contributed by atoms with van der Waals surface area (Å²) in [6.45, 7) is 6.10. The topological polar surface area (TPSA) is 107 Å². The number of piperazine rings is 1. The van der Waals surface area contributed by atoms with E-state index in [1.54, 1.807) is 18.5 Å². The van der Waals surface area contributed by atoms with E-state index in [0.717, 1.165) is 49.3 Å². The SMILES string of the molecule is CC1CCc2ncnc(N3CCN(C(=O)C(CN(CCS(=O)(=O)O)CC4CC4)c4ccc(Cl)cc4)CC3)c21. The van der Waals surface area contributed by atoms with Crippen LogP contribution in [-0.2, 0) is 21.3 Å². The van der Waals surface area contributed by atoms with E-state index in [2.05, 4.69) is 21.8 Å². The largest absolute Gasteiger partial charge is 0.353 e. The van der Waals surface area contributed by atoms with Gasteiger partial charge in [-0.15, -0.1) is 0 Å². The average Bonchev–Trinajstić information content (AvgIpc) is 3.64. The van der Waals surface area contributed by atoms with Crippen molar-refractivity contribution in [1.29, 1.82) is 0 Å². The van der Waals surface area contributed by atoms with Gasteiger partial charge in [-0.1, -0.05) is 30.7 Å². The number of fused-ring (bicyclic) bond motifs is 1. The highest BCUT2D eigenvalue weighted by Gasteiger charge is 2.34. The second-order valence-corrected chi connectivity index (χ2v) is 12.9. The van der Waals surface area contributed by atoms with Gasteiger partial charge >= 0.3 is 0 Å². The van der Waals surface area contributed by atoms with Crippen molar-refractivity contribution in [3.05, 3.63) is 52.4 Å². The minimum Gasteiger partial charge on any atom is -0.353 e. The van der Waals surface area contributed by atoms with Crippen LogP contribution in [0, 0.1) is 5.92 Å². The lowest BCUT2D eigenvalue weighted by molar-refractivity contribution is -0.133. The number of amides is 1. The molecule has 1 aliphatic heterocycles. The first-order valence-corrected chi connectivity index (χ1v) is 15.5. The van der Waals surface area contributed by atoms with Crippen molar-refractivity contribution < 1.29 is 17.8 Å². The van der Waals surface area contributed by atoms with Crippen molar-refractivity contribution in [2.24, 2.45) is 5.92 Å². The number of hydrogen-bond donors (Lipinski definition) is 1. The van der Waals surface area contributed by atoms with Gasteiger partial charge in [-0.3, -0.25) is 9.35 Å². The zero-order chi connectivity index (χ0) is 26.9. The second-order valence-electron chi connectivity index (χ2n) is 10.9. The normalized spacial score (nSPS) is 20.6. The van der Waals surface area contributed by atoms with Gasteiger partial charge in [-0.25, -0.2) is 9.97 Å². The van der Waals surface area contributed by atoms with Gasteiger partial charge in [0.25, 0.3) is 10.1 Å². The Balaban J connectivity index is 1.31. The summed E-state index contributed by atoms with van der Waals surface area (Å²) in [5.74, 6) is 1.18. The molecule has 3 aliphatic rings. The standard InChI is InChI=1S/C27H36ClN5O4S/c1-19-2-9-24-25(19)26(30-18-29-24)32-10-12-33(13-11-32)27(34)23(21-5-7-22(28)8-6-21)17-31(16-20-3-4-20)14-15-38(35,36)37/h5-8,18-20,23H,2-4,9-17H2,1H3,(H,35,36,37). The molecule has 1 aromatic heterocycles. The Morgan fingerprint density at radius 2 is 1.84 bits per heavy atom. The molecule has 1 aromatic carbocycles. The lowest BCUT2D eigenvalue weighted by Crippen LogP contribution is -2.51. The number of carbonyl (C=O) groups is 1. The molecule has 2 unspecified atom stereocenters. The van der Waals surface area contributed by atoms with E-state index in [0.29, 0.717) is 49.6 Å². The molecule has 0 radical (unpaired) electrons. The quantitative estimate of drug-likeness (QED) is 0.441. The third-order valence-corrected chi connectivity index (χ3v) is 8.98. The number of halogens is 1. The monoisotopic (exact) mass is 561 g/mol. The van der Waals surface area contributed by atoms with Crippen LogP contribution in [0.4, 0.5) is 5.82 Å². The number of rotatable bonds is 10. The van der Waals surface area contributed by atoms with Crippen molar-refractivity contribution in [3.8, 4) is 0 Å². The zero-order valence-electron chi connectivity index (χ0n) is 21.8. The molecule has 1 N–H and O–H groups in total. The molecule has 0 bridgehead atoms. The van der Waals surface area contributed by atoms with E-state index < -0.39 is 16.0 Å². The number of nitrogens with zero attached hydrogens (tertiary/aromatic N) is 5. The lowest BCUT2D eigenvalue weighted by atomic mass is 9.96. The molecule has 38 heavy (non-hydrogen) atoms. The molecule has 0 spiro atoms. The predicted molar refractivity (Wildman–Crippen MR) is 147 cm³/mol. The van der Waals surface area contributed by atoms with Crippen molar-refractivity contribution in [1.82, 2.24) is 19.8 Å². The summed E-state index contributed by atoms with van der Waals surface area (Å²) in [7, 11) is -4.09. The Kier molecular flexibility index (Phi) is 8.23. The van der Waals surface area contributed by atoms with Gasteiger partial charge in [0.2, 0.25) is 5.91 Å². The molecule has 5 rings (SSSR count). The minimum atomic E-state index is -4.09. The maximum Gasteiger partial charge on any atom is 0.266 e. The molecular weight excluding hydrogens is 526 g/mol. The first kappa shape index (κ1) is 27.3. The summed E-state index contributed by atoms with van der Waals surface area (Å²) >= 11 is 6.14. The van der Waals surface area contributed by atoms with Gasteiger partial charge in [0, 0.05) is 62.1 Å². The van der Waals surface area contributed by atoms with E-state index in [4.69, 9.17) is 11.6 Å². The fourth-order valence-corrected chi connectivity index (χ4v) is 6.30. The molecule has 2 heterocycles. The number of aryl methyl sites for hydroxylation is 1. The number of benzene rings is 1. The first-order valence-electron chi connectivity index (χ1n) is 13.5. The number of aromatic nitrogens is 2. The molecule has 11 heteroatoms. The Labute approximate surface area is 229 Å². The third kappa shape index (κ3) is 6.65. The molecule has 9 nitrogen and oxygen atoms in total. The smallest absolute Gasteiger partial charge is 0.266 e. The number of anilines is 1. The lowest BCUT2D eigenvalue weighted by Gasteiger charge is -2.38. The minimum absolute atomic E-state index is 0.0286. The van der Waals surface area contributed by atoms with E-state index in [-0.39, 0.29) is 18.2 Å². The molecule has 1 saturated heterocycles. The van der Waals surface area contributed by atoms with Crippen LogP contribution in [0.15, 0.2) is 30.6 Å². The molecule has 2 atom stereocenters. The van der Waals surface area contributed by atoms with Gasteiger partial charge in [-0.05, 0) is 55.2 Å². The van der Waals surface area contributed by atoms with Gasteiger partial charge in [-0.2, -0.15) is 8.42 Å². The summed E-state index contributed by atoms with van der Waals surface area (Å²) in [6.07, 6.45) is 5.95. The van der Waals surface area contributed by atoms with Crippen LogP contribution < -0.4 is 4.90 Å². The molecule has 1 amide bonds. The van der Waals surface area contributed by atoms with Gasteiger partial charge in [0.05, 0.1) is 11.7 Å². The van der Waals surface area contributed by atoms with Crippen molar-refractivity contribution in [3.63, 3.8) is 0 Å². The van der Waals surface area contributed by atoms with Crippen molar-refractivity contribution in [2.75, 3.05) is 56.5 Å². The summed E-state index contributed by atoms with van der Waals surface area (Å²) < 4.78 is 32.3. The van der Waals surface area contributed by atoms with Gasteiger partial charge in [0.1, 0.15) is 12.1 Å². The van der Waals surface area contributed by atoms with Crippen molar-refractivity contribution >= 4 is 33.4 Å². The Bertz CT molecular complexity index is 1250. The van der Waals surface area contributed by atoms with Crippen LogP contribution in [0.25, 0.3) is 0 Å². The Morgan fingerprint density at radius 3 is 2.50 bits per heavy atom. The van der Waals surface area contributed by atoms with Crippen LogP contribution in [0.2, 0.25) is 5.02 Å². The molecule has 206 valence electrons. The fraction of sp³-hybridized carbons (Fsp3) is 0.593. The number of carbonyl (C=O) groups excluding carboxylic acids is 1. The Morgan fingerprint density at radius 1 is 1.13 bits per heavy atom. The summed E-state index contributed by atoms with van der Waals surface area (Å²) in [5, 5.41) is 0.599. The molecular formula is C27H36ClN5O4S. The average molecular weight is 562 g/mol. The van der Waals surface area contributed by atoms with Crippen LogP contribution in [-0.4, -0.2) is 90.2 Å². The molecule has 2 aliphatic carbocycles. The summed E-state index contributed by atoms with van der Waals surface area (Å²) in [4.78, 5) is 29.3. The highest BCUT2D eigenvalue weighted by Crippen LogP contribution is 2.37. The first-order chi connectivity index (χ1) is 18.2. The Hall–Kier alpha value is -2.27.